The van der Waals surface area contributed by atoms with E-state index in [1.165, 1.54) is 5.56 Å². The minimum Gasteiger partial charge on any atom is -0.321 e. The van der Waals surface area contributed by atoms with Crippen molar-refractivity contribution in [3.63, 3.8) is 0 Å². The van der Waals surface area contributed by atoms with Gasteiger partial charge in [0.05, 0.1) is 5.54 Å². The third-order valence-electron chi connectivity index (χ3n) is 3.82. The predicted octanol–water partition coefficient (Wildman–Crippen LogP) is 3.15. The lowest BCUT2D eigenvalue weighted by atomic mass is 9.99. The Morgan fingerprint density at radius 1 is 1.50 bits per heavy atom. The third kappa shape index (κ3) is 2.31. The third-order valence-corrected chi connectivity index (χ3v) is 4.52. The standard InChI is InChI=1S/C14H22N2OS/c1-4-6-8-16-12(11-7-9-18-10-11)15-14(3,5-2)13(16)17/h7,9-10,12,15H,4-6,8H2,1-3H3. The SMILES string of the molecule is CCCCN1C(=O)C(C)(CC)NC1c1ccsc1. The van der Waals surface area contributed by atoms with Gasteiger partial charge >= 0.3 is 0 Å². The molecule has 2 rings (SSSR count). The Balaban J connectivity index is 2.24. The first-order valence-electron chi connectivity index (χ1n) is 6.73. The molecule has 0 saturated carbocycles. The summed E-state index contributed by atoms with van der Waals surface area (Å²) in [5.41, 5.74) is 0.807. The van der Waals surface area contributed by atoms with E-state index in [-0.39, 0.29) is 12.1 Å². The van der Waals surface area contributed by atoms with E-state index in [1.807, 2.05) is 11.8 Å². The van der Waals surface area contributed by atoms with Crippen molar-refractivity contribution >= 4 is 17.2 Å². The highest BCUT2D eigenvalue weighted by Gasteiger charge is 2.46. The Hall–Kier alpha value is -0.870. The Morgan fingerprint density at radius 2 is 2.28 bits per heavy atom. The Bertz CT molecular complexity index is 404. The maximum Gasteiger partial charge on any atom is 0.244 e. The topological polar surface area (TPSA) is 32.3 Å². The van der Waals surface area contributed by atoms with Gasteiger partial charge in [0.2, 0.25) is 5.91 Å². The van der Waals surface area contributed by atoms with E-state index >= 15 is 0 Å². The molecular formula is C14H22N2OS. The van der Waals surface area contributed by atoms with Crippen molar-refractivity contribution < 1.29 is 4.79 Å². The fraction of sp³-hybridized carbons (Fsp3) is 0.643. The van der Waals surface area contributed by atoms with Crippen LogP contribution in [0.1, 0.15) is 51.8 Å². The van der Waals surface area contributed by atoms with Gasteiger partial charge in [-0.25, -0.2) is 0 Å². The molecule has 2 unspecified atom stereocenters. The Labute approximate surface area is 113 Å². The molecule has 18 heavy (non-hydrogen) atoms. The molecule has 4 heteroatoms. The lowest BCUT2D eigenvalue weighted by molar-refractivity contribution is -0.133. The lowest BCUT2D eigenvalue weighted by Crippen LogP contribution is -2.43. The first kappa shape index (κ1) is 13.6. The molecule has 0 aromatic carbocycles. The summed E-state index contributed by atoms with van der Waals surface area (Å²) in [7, 11) is 0. The number of carbonyl (C=O) groups excluding carboxylic acids is 1. The van der Waals surface area contributed by atoms with Gasteiger partial charge in [0.15, 0.2) is 0 Å². The largest absolute Gasteiger partial charge is 0.321 e. The van der Waals surface area contributed by atoms with E-state index in [0.29, 0.717) is 0 Å². The van der Waals surface area contributed by atoms with Crippen molar-refractivity contribution in [2.45, 2.75) is 51.7 Å². The number of thiophene rings is 1. The van der Waals surface area contributed by atoms with E-state index in [4.69, 9.17) is 0 Å². The second-order valence-corrected chi connectivity index (χ2v) is 5.92. The molecular weight excluding hydrogens is 244 g/mol. The number of nitrogens with one attached hydrogen (secondary N) is 1. The van der Waals surface area contributed by atoms with Crippen LogP contribution in [0.2, 0.25) is 0 Å². The lowest BCUT2D eigenvalue weighted by Gasteiger charge is -2.23. The summed E-state index contributed by atoms with van der Waals surface area (Å²) in [6.07, 6.45) is 3.06. The van der Waals surface area contributed by atoms with E-state index in [1.54, 1.807) is 11.3 Å². The molecule has 0 bridgehead atoms. The minimum absolute atomic E-state index is 0.0558. The normalized spacial score (nSPS) is 28.1. The monoisotopic (exact) mass is 266 g/mol. The number of amides is 1. The molecule has 1 aliphatic heterocycles. The first-order chi connectivity index (χ1) is 8.62. The van der Waals surface area contributed by atoms with Gasteiger partial charge in [-0.3, -0.25) is 10.1 Å². The number of hydrogen-bond donors (Lipinski definition) is 1. The van der Waals surface area contributed by atoms with Crippen LogP contribution in [0.25, 0.3) is 0 Å². The highest BCUT2D eigenvalue weighted by Crippen LogP contribution is 2.33. The van der Waals surface area contributed by atoms with Gasteiger partial charge in [-0.1, -0.05) is 20.3 Å². The van der Waals surface area contributed by atoms with Crippen LogP contribution in [0.15, 0.2) is 16.8 Å². The number of carbonyl (C=O) groups is 1. The molecule has 0 spiro atoms. The fourth-order valence-electron chi connectivity index (χ4n) is 2.38. The second kappa shape index (κ2) is 5.41. The number of rotatable bonds is 5. The van der Waals surface area contributed by atoms with Crippen molar-refractivity contribution in [3.05, 3.63) is 22.4 Å². The average Bonchev–Trinajstić information content (AvgIpc) is 2.97. The summed E-state index contributed by atoms with van der Waals surface area (Å²) < 4.78 is 0. The number of unbranched alkanes of at least 4 members (excludes halogenated alkanes) is 1. The summed E-state index contributed by atoms with van der Waals surface area (Å²) >= 11 is 1.68. The summed E-state index contributed by atoms with van der Waals surface area (Å²) in [4.78, 5) is 14.5. The van der Waals surface area contributed by atoms with Crippen LogP contribution in [-0.4, -0.2) is 22.9 Å². The molecule has 1 fully saturated rings. The van der Waals surface area contributed by atoms with Crippen molar-refractivity contribution in [1.29, 1.82) is 0 Å². The van der Waals surface area contributed by atoms with Crippen LogP contribution < -0.4 is 5.32 Å². The molecule has 1 N–H and O–H groups in total. The van der Waals surface area contributed by atoms with E-state index < -0.39 is 5.54 Å². The van der Waals surface area contributed by atoms with Gasteiger partial charge in [0, 0.05) is 6.54 Å². The van der Waals surface area contributed by atoms with Gasteiger partial charge in [-0.2, -0.15) is 11.3 Å². The fourth-order valence-corrected chi connectivity index (χ4v) is 3.06. The predicted molar refractivity (Wildman–Crippen MR) is 75.5 cm³/mol. The van der Waals surface area contributed by atoms with Crippen LogP contribution in [0.3, 0.4) is 0 Å². The van der Waals surface area contributed by atoms with Crippen molar-refractivity contribution in [3.8, 4) is 0 Å². The smallest absolute Gasteiger partial charge is 0.244 e. The highest BCUT2D eigenvalue weighted by atomic mass is 32.1. The van der Waals surface area contributed by atoms with E-state index in [0.717, 1.165) is 25.8 Å². The molecule has 1 aromatic heterocycles. The zero-order valence-corrected chi connectivity index (χ0v) is 12.2. The van der Waals surface area contributed by atoms with Crippen LogP contribution >= 0.6 is 11.3 Å². The maximum absolute atomic E-state index is 12.5. The van der Waals surface area contributed by atoms with Crippen LogP contribution in [0.5, 0.6) is 0 Å². The van der Waals surface area contributed by atoms with E-state index in [2.05, 4.69) is 36.0 Å². The summed E-state index contributed by atoms with van der Waals surface area (Å²) in [6, 6.07) is 2.11. The molecule has 0 radical (unpaired) electrons. The summed E-state index contributed by atoms with van der Waals surface area (Å²) in [5.74, 6) is 0.245. The molecule has 100 valence electrons. The van der Waals surface area contributed by atoms with Crippen molar-refractivity contribution in [2.24, 2.45) is 0 Å². The first-order valence-corrected chi connectivity index (χ1v) is 7.67. The molecule has 1 amide bonds. The van der Waals surface area contributed by atoms with Crippen molar-refractivity contribution in [1.82, 2.24) is 10.2 Å². The zero-order chi connectivity index (χ0) is 13.2. The molecule has 1 saturated heterocycles. The van der Waals surface area contributed by atoms with Gasteiger partial charge in [0.25, 0.3) is 0 Å². The molecule has 3 nitrogen and oxygen atoms in total. The highest BCUT2D eigenvalue weighted by molar-refractivity contribution is 7.07. The van der Waals surface area contributed by atoms with Gasteiger partial charge in [-0.15, -0.1) is 0 Å². The van der Waals surface area contributed by atoms with Crippen LogP contribution in [0, 0.1) is 0 Å². The number of hydrogen-bond acceptors (Lipinski definition) is 3. The van der Waals surface area contributed by atoms with Gasteiger partial charge < -0.3 is 4.90 Å². The second-order valence-electron chi connectivity index (χ2n) is 5.14. The zero-order valence-electron chi connectivity index (χ0n) is 11.4. The molecule has 1 aromatic rings. The molecule has 1 aliphatic rings. The summed E-state index contributed by atoms with van der Waals surface area (Å²) in [6.45, 7) is 7.09. The average molecular weight is 266 g/mol. The van der Waals surface area contributed by atoms with Crippen molar-refractivity contribution in [2.75, 3.05) is 6.54 Å². The van der Waals surface area contributed by atoms with E-state index in [9.17, 15) is 4.79 Å². The molecule has 0 aliphatic carbocycles. The van der Waals surface area contributed by atoms with Gasteiger partial charge in [-0.05, 0) is 42.2 Å². The summed E-state index contributed by atoms with van der Waals surface area (Å²) in [5, 5.41) is 7.71. The Kier molecular flexibility index (Phi) is 4.07. The quantitative estimate of drug-likeness (QED) is 0.888. The van der Waals surface area contributed by atoms with Gasteiger partial charge in [0.1, 0.15) is 6.17 Å². The van der Waals surface area contributed by atoms with Crippen LogP contribution in [-0.2, 0) is 4.79 Å². The molecule has 2 atom stereocenters. The number of nitrogens with zero attached hydrogens (tertiary/aromatic N) is 1. The molecule has 2 heterocycles. The Morgan fingerprint density at radius 3 is 2.83 bits per heavy atom. The van der Waals surface area contributed by atoms with Crippen LogP contribution in [0.4, 0.5) is 0 Å². The maximum atomic E-state index is 12.5. The minimum atomic E-state index is -0.402.